The van der Waals surface area contributed by atoms with Gasteiger partial charge >= 0.3 is 11.9 Å². The maximum Gasteiger partial charge on any atom is 0.328 e. The Morgan fingerprint density at radius 3 is 2.10 bits per heavy atom. The minimum absolute atomic E-state index is 0.558. The molecule has 2 aromatic carbocycles. The summed E-state index contributed by atoms with van der Waals surface area (Å²) in [4.78, 5) is 21.6. The molecule has 0 radical (unpaired) electrons. The number of carboxylic acids is 2. The summed E-state index contributed by atoms with van der Waals surface area (Å²) in [5.41, 5.74) is 6.76. The topological polar surface area (TPSA) is 77.8 Å². The first kappa shape index (κ1) is 24.1. The van der Waals surface area contributed by atoms with E-state index in [4.69, 9.17) is 10.2 Å². The highest BCUT2D eigenvalue weighted by atomic mass is 16.4. The third-order valence-electron chi connectivity index (χ3n) is 5.59. The third kappa shape index (κ3) is 6.93. The molecule has 0 fully saturated rings. The van der Waals surface area contributed by atoms with Crippen molar-refractivity contribution in [1.29, 1.82) is 0 Å². The van der Waals surface area contributed by atoms with Gasteiger partial charge < -0.3 is 15.1 Å². The lowest BCUT2D eigenvalue weighted by molar-refractivity contribution is -0.134. The Morgan fingerprint density at radius 1 is 0.968 bits per heavy atom. The van der Waals surface area contributed by atoms with Crippen molar-refractivity contribution in [3.63, 3.8) is 0 Å². The molecule has 0 aliphatic heterocycles. The summed E-state index contributed by atoms with van der Waals surface area (Å²) in [6.07, 6.45) is 3.44. The van der Waals surface area contributed by atoms with Crippen LogP contribution in [0.4, 0.5) is 0 Å². The van der Waals surface area contributed by atoms with Crippen molar-refractivity contribution in [3.8, 4) is 0 Å². The Hall–Kier alpha value is -3.18. The molecule has 0 bridgehead atoms. The number of hydrogen-bond acceptors (Lipinski definition) is 3. The highest BCUT2D eigenvalue weighted by Crippen LogP contribution is 2.38. The van der Waals surface area contributed by atoms with Gasteiger partial charge in [0.15, 0.2) is 0 Å². The summed E-state index contributed by atoms with van der Waals surface area (Å²) in [5.74, 6) is -1.94. The second-order valence-electron chi connectivity index (χ2n) is 7.45. The van der Waals surface area contributed by atoms with Crippen LogP contribution in [0.1, 0.15) is 48.4 Å². The van der Waals surface area contributed by atoms with Crippen LogP contribution in [0.15, 0.2) is 67.3 Å². The van der Waals surface area contributed by atoms with E-state index in [1.807, 2.05) is 0 Å². The Labute approximate surface area is 184 Å². The highest BCUT2D eigenvalue weighted by molar-refractivity contribution is 5.89. The second kappa shape index (κ2) is 11.9. The minimum atomic E-state index is -1.26. The molecule has 0 aromatic heterocycles. The van der Waals surface area contributed by atoms with E-state index in [0.717, 1.165) is 19.5 Å². The van der Waals surface area contributed by atoms with E-state index in [-0.39, 0.29) is 0 Å². The van der Waals surface area contributed by atoms with Gasteiger partial charge in [0.2, 0.25) is 0 Å². The number of aliphatic carboxylic acids is 2. The predicted octanol–water partition coefficient (Wildman–Crippen LogP) is 4.83. The molecule has 2 N–H and O–H groups in total. The zero-order chi connectivity index (χ0) is 22.8. The number of fused-ring (bicyclic) bond motifs is 2. The van der Waals surface area contributed by atoms with Gasteiger partial charge in [0.25, 0.3) is 0 Å². The zero-order valence-electron chi connectivity index (χ0n) is 18.3. The lowest BCUT2D eigenvalue weighted by Crippen LogP contribution is -2.25. The predicted molar refractivity (Wildman–Crippen MR) is 124 cm³/mol. The summed E-state index contributed by atoms with van der Waals surface area (Å²) < 4.78 is 0. The molecule has 0 heterocycles. The monoisotopic (exact) mass is 421 g/mol. The Balaban J connectivity index is 0.000000366. The van der Waals surface area contributed by atoms with Gasteiger partial charge in [-0.2, -0.15) is 0 Å². The Bertz CT molecular complexity index is 928. The molecule has 0 saturated carbocycles. The fraction of sp³-hybridized carbons (Fsp3) is 0.308. The third-order valence-corrected chi connectivity index (χ3v) is 5.59. The molecular formula is C26H31NO4. The molecule has 5 heteroatoms. The number of rotatable bonds is 7. The normalized spacial score (nSPS) is 14.9. The van der Waals surface area contributed by atoms with E-state index in [2.05, 4.69) is 73.9 Å². The van der Waals surface area contributed by atoms with Crippen LogP contribution in [0.5, 0.6) is 0 Å². The molecular weight excluding hydrogens is 390 g/mol. The van der Waals surface area contributed by atoms with Crippen LogP contribution in [0.25, 0.3) is 5.57 Å². The van der Waals surface area contributed by atoms with Gasteiger partial charge in [-0.15, -0.1) is 0 Å². The van der Waals surface area contributed by atoms with Gasteiger partial charge in [-0.3, -0.25) is 0 Å². The molecule has 1 unspecified atom stereocenters. The van der Waals surface area contributed by atoms with E-state index >= 15 is 0 Å². The molecule has 0 spiro atoms. The summed E-state index contributed by atoms with van der Waals surface area (Å²) in [5, 5.41) is 15.6. The Kier molecular flexibility index (Phi) is 9.22. The summed E-state index contributed by atoms with van der Waals surface area (Å²) >= 11 is 0. The van der Waals surface area contributed by atoms with Crippen LogP contribution >= 0.6 is 0 Å². The van der Waals surface area contributed by atoms with Crippen molar-refractivity contribution in [3.05, 3.63) is 89.5 Å². The van der Waals surface area contributed by atoms with Crippen molar-refractivity contribution >= 4 is 17.5 Å². The number of carboxylic acid groups (broad SMARTS) is 2. The number of benzene rings is 2. The van der Waals surface area contributed by atoms with Crippen molar-refractivity contribution in [2.45, 2.75) is 32.6 Å². The van der Waals surface area contributed by atoms with Crippen LogP contribution in [-0.4, -0.2) is 46.7 Å². The standard InChI is InChI=1S/C22H27N.C4H4O4/c1-4-23(5-2)15-14-19-16-18-10-6-7-11-20(18)17(3)21-12-8-9-13-22(19)21;5-3(6)1-2-4(7)8/h6-13,19H,3-5,14-16H2,1-2H3;1-2H,(H,5,6)(H,7,8). The molecule has 0 saturated heterocycles. The molecule has 3 rings (SSSR count). The van der Waals surface area contributed by atoms with Crippen LogP contribution in [0.2, 0.25) is 0 Å². The highest BCUT2D eigenvalue weighted by Gasteiger charge is 2.23. The minimum Gasteiger partial charge on any atom is -0.478 e. The van der Waals surface area contributed by atoms with Gasteiger partial charge in [-0.05, 0) is 66.2 Å². The lowest BCUT2D eigenvalue weighted by atomic mass is 9.88. The van der Waals surface area contributed by atoms with Crippen LogP contribution in [0, 0.1) is 0 Å². The van der Waals surface area contributed by atoms with Gasteiger partial charge in [0, 0.05) is 12.2 Å². The second-order valence-corrected chi connectivity index (χ2v) is 7.45. The molecule has 1 aliphatic carbocycles. The average molecular weight is 422 g/mol. The van der Waals surface area contributed by atoms with Gasteiger partial charge in [-0.1, -0.05) is 69.0 Å². The molecule has 1 aliphatic rings. The van der Waals surface area contributed by atoms with E-state index in [1.165, 1.54) is 40.8 Å². The van der Waals surface area contributed by atoms with E-state index in [9.17, 15) is 9.59 Å². The van der Waals surface area contributed by atoms with E-state index in [0.29, 0.717) is 18.1 Å². The van der Waals surface area contributed by atoms with Gasteiger partial charge in [0.1, 0.15) is 0 Å². The van der Waals surface area contributed by atoms with Crippen LogP contribution < -0.4 is 0 Å². The number of carbonyl (C=O) groups is 2. The quantitative estimate of drug-likeness (QED) is 0.626. The molecule has 1 atom stereocenters. The van der Waals surface area contributed by atoms with Crippen molar-refractivity contribution in [2.24, 2.45) is 0 Å². The maximum absolute atomic E-state index is 9.55. The maximum atomic E-state index is 9.55. The van der Waals surface area contributed by atoms with Gasteiger partial charge in [-0.25, -0.2) is 9.59 Å². The van der Waals surface area contributed by atoms with Crippen LogP contribution in [0.3, 0.4) is 0 Å². The average Bonchev–Trinajstić information content (AvgIpc) is 2.89. The fourth-order valence-electron chi connectivity index (χ4n) is 3.92. The van der Waals surface area contributed by atoms with Crippen molar-refractivity contribution < 1.29 is 19.8 Å². The first-order valence-corrected chi connectivity index (χ1v) is 10.6. The largest absolute Gasteiger partial charge is 0.478 e. The first-order valence-electron chi connectivity index (χ1n) is 10.6. The summed E-state index contributed by atoms with van der Waals surface area (Å²) in [6, 6.07) is 17.6. The molecule has 164 valence electrons. The van der Waals surface area contributed by atoms with Crippen molar-refractivity contribution in [1.82, 2.24) is 4.90 Å². The van der Waals surface area contributed by atoms with Gasteiger partial charge in [0.05, 0.1) is 0 Å². The Morgan fingerprint density at radius 2 is 1.52 bits per heavy atom. The van der Waals surface area contributed by atoms with E-state index in [1.54, 1.807) is 0 Å². The summed E-state index contributed by atoms with van der Waals surface area (Å²) in [7, 11) is 0. The molecule has 2 aromatic rings. The first-order chi connectivity index (χ1) is 14.9. The fourth-order valence-corrected chi connectivity index (χ4v) is 3.92. The lowest BCUT2D eigenvalue weighted by Gasteiger charge is -2.23. The smallest absolute Gasteiger partial charge is 0.328 e. The molecule has 5 nitrogen and oxygen atoms in total. The number of hydrogen-bond donors (Lipinski definition) is 2. The van der Waals surface area contributed by atoms with Crippen molar-refractivity contribution in [2.75, 3.05) is 19.6 Å². The van der Waals surface area contributed by atoms with Crippen LogP contribution in [-0.2, 0) is 16.0 Å². The zero-order valence-corrected chi connectivity index (χ0v) is 18.3. The summed E-state index contributed by atoms with van der Waals surface area (Å²) in [6.45, 7) is 12.3. The molecule has 0 amide bonds. The van der Waals surface area contributed by atoms with E-state index < -0.39 is 11.9 Å². The SMILES string of the molecule is C=C1c2ccccc2CC(CCN(CC)CC)c2ccccc21.O=C(O)C=CC(=O)O. The number of nitrogens with zero attached hydrogens (tertiary/aromatic N) is 1. The molecule has 31 heavy (non-hydrogen) atoms.